The number of rotatable bonds is 1. The van der Waals surface area contributed by atoms with Gasteiger partial charge >= 0.3 is 0 Å². The summed E-state index contributed by atoms with van der Waals surface area (Å²) in [6.07, 6.45) is 4.76. The minimum Gasteiger partial charge on any atom is -0.667 e. The fourth-order valence-electron chi connectivity index (χ4n) is 2.06. The third kappa shape index (κ3) is 2.01. The Kier molecular flexibility index (Phi) is 4.08. The Morgan fingerprint density at radius 3 is 3.00 bits per heavy atom. The van der Waals surface area contributed by atoms with Crippen LogP contribution in [0.1, 0.15) is 20.3 Å². The number of Topliss-reactive ketones (excluding diaryl/α,β-unsaturated/α-hetero) is 1. The molecule has 0 saturated heterocycles. The third-order valence-corrected chi connectivity index (χ3v) is 2.88. The molecule has 2 aliphatic rings. The molecule has 0 aromatic carbocycles. The van der Waals surface area contributed by atoms with Crippen LogP contribution in [0.3, 0.4) is 0 Å². The van der Waals surface area contributed by atoms with Crippen molar-refractivity contribution in [3.63, 3.8) is 0 Å². The average molecular weight is 266 g/mol. The molecule has 3 heteroatoms. The summed E-state index contributed by atoms with van der Waals surface area (Å²) in [7, 11) is 0. The first-order valence-electron chi connectivity index (χ1n) is 4.56. The maximum atomic E-state index is 11.3. The van der Waals surface area contributed by atoms with Gasteiger partial charge in [0.25, 0.3) is 0 Å². The minimum atomic E-state index is 0. The van der Waals surface area contributed by atoms with E-state index in [2.05, 4.69) is 13.0 Å². The van der Waals surface area contributed by atoms with Crippen molar-refractivity contribution in [2.24, 2.45) is 11.8 Å². The maximum Gasteiger partial charge on any atom is 0.158 e. The van der Waals surface area contributed by atoms with Crippen LogP contribution in [0.15, 0.2) is 23.5 Å². The van der Waals surface area contributed by atoms with Crippen molar-refractivity contribution >= 4 is 5.78 Å². The Hall–Kier alpha value is 0.0539. The first-order chi connectivity index (χ1) is 6.20. The summed E-state index contributed by atoms with van der Waals surface area (Å²) in [5.41, 5.74) is 2.15. The topological polar surface area (TPSA) is 26.3 Å². The first kappa shape index (κ1) is 12.1. The molecule has 14 heavy (non-hydrogen) atoms. The van der Waals surface area contributed by atoms with E-state index in [1.807, 2.05) is 6.61 Å². The first-order valence-corrected chi connectivity index (χ1v) is 4.56. The molecule has 1 heterocycles. The molecule has 0 bridgehead atoms. The molecular weight excluding hydrogens is 253 g/mol. The van der Waals surface area contributed by atoms with Gasteiger partial charge in [0.2, 0.25) is 0 Å². The van der Waals surface area contributed by atoms with E-state index < -0.39 is 0 Å². The van der Waals surface area contributed by atoms with E-state index in [0.29, 0.717) is 11.8 Å². The molecule has 2 atom stereocenters. The number of carbonyl (C=O) groups is 1. The van der Waals surface area contributed by atoms with Gasteiger partial charge in [-0.2, -0.15) is 6.61 Å². The molecule has 0 saturated carbocycles. The zero-order valence-corrected chi connectivity index (χ0v) is 11.3. The molecular formula is C11H13O2Y-. The molecule has 0 spiro atoms. The van der Waals surface area contributed by atoms with E-state index in [4.69, 9.17) is 4.74 Å². The number of ether oxygens (including phenoxy) is 1. The Bertz CT molecular complexity index is 304. The van der Waals surface area contributed by atoms with Crippen LogP contribution in [-0.2, 0) is 42.2 Å². The molecule has 1 aliphatic carbocycles. The van der Waals surface area contributed by atoms with Crippen molar-refractivity contribution in [1.82, 2.24) is 0 Å². The van der Waals surface area contributed by atoms with Gasteiger partial charge in [-0.25, -0.2) is 0 Å². The summed E-state index contributed by atoms with van der Waals surface area (Å²) in [5.74, 6) is 0.793. The molecule has 1 aliphatic heterocycles. The van der Waals surface area contributed by atoms with Crippen LogP contribution >= 0.6 is 0 Å². The Balaban J connectivity index is 0.000000980. The zero-order chi connectivity index (χ0) is 9.42. The maximum absolute atomic E-state index is 11.3. The summed E-state index contributed by atoms with van der Waals surface area (Å²) in [6.45, 7) is 5.52. The van der Waals surface area contributed by atoms with Gasteiger partial charge in [-0.15, -0.1) is 11.5 Å². The second-order valence-electron chi connectivity index (χ2n) is 3.72. The zero-order valence-electron chi connectivity index (χ0n) is 8.49. The monoisotopic (exact) mass is 266 g/mol. The van der Waals surface area contributed by atoms with E-state index in [0.717, 1.165) is 12.0 Å². The Morgan fingerprint density at radius 1 is 1.64 bits per heavy atom. The van der Waals surface area contributed by atoms with Gasteiger partial charge in [-0.1, -0.05) is 6.08 Å². The molecule has 2 rings (SSSR count). The van der Waals surface area contributed by atoms with Crippen LogP contribution in [-0.4, -0.2) is 5.78 Å². The van der Waals surface area contributed by atoms with Gasteiger partial charge in [-0.05, 0) is 26.2 Å². The molecule has 73 valence electrons. The third-order valence-electron chi connectivity index (χ3n) is 2.88. The van der Waals surface area contributed by atoms with Crippen molar-refractivity contribution in [1.29, 1.82) is 0 Å². The normalized spacial score (nSPS) is 29.3. The fourth-order valence-corrected chi connectivity index (χ4v) is 2.06. The number of carbonyl (C=O) groups excluding carboxylic acids is 1. The second kappa shape index (κ2) is 4.72. The minimum absolute atomic E-state index is 0. The Labute approximate surface area is 110 Å². The van der Waals surface area contributed by atoms with Crippen molar-refractivity contribution < 1.29 is 42.2 Å². The molecule has 1 radical (unpaired) electrons. The van der Waals surface area contributed by atoms with E-state index >= 15 is 0 Å². The molecule has 0 N–H and O–H groups in total. The molecule has 0 unspecified atom stereocenters. The van der Waals surface area contributed by atoms with E-state index in [9.17, 15) is 4.79 Å². The van der Waals surface area contributed by atoms with Gasteiger partial charge in [0.15, 0.2) is 5.78 Å². The van der Waals surface area contributed by atoms with Crippen molar-refractivity contribution in [3.05, 3.63) is 30.1 Å². The number of fused-ring (bicyclic) bond motifs is 1. The molecule has 0 aromatic heterocycles. The second-order valence-corrected chi connectivity index (χ2v) is 3.72. The number of hydrogen-bond donors (Lipinski definition) is 0. The van der Waals surface area contributed by atoms with Crippen molar-refractivity contribution in [3.8, 4) is 0 Å². The molecule has 2 nitrogen and oxygen atoms in total. The summed E-state index contributed by atoms with van der Waals surface area (Å²) in [6, 6.07) is 0. The van der Waals surface area contributed by atoms with Gasteiger partial charge in [0.1, 0.15) is 0 Å². The SMILES string of the molecule is CC(=O)C1=CO[CH-][C@@H]2C(C)=CC[C@H]12.[Y]. The summed E-state index contributed by atoms with van der Waals surface area (Å²) in [5, 5.41) is 0. The number of allylic oxidation sites excluding steroid dienone is 2. The Morgan fingerprint density at radius 2 is 2.36 bits per heavy atom. The van der Waals surface area contributed by atoms with Gasteiger partial charge in [-0.3, -0.25) is 4.79 Å². The van der Waals surface area contributed by atoms with Crippen LogP contribution in [0, 0.1) is 18.4 Å². The van der Waals surface area contributed by atoms with Crippen LogP contribution < -0.4 is 0 Å². The standard InChI is InChI=1S/C11H13O2.Y/c1-7-3-4-9-10(7)5-13-6-11(9)8(2)12;/h3,5-6,9-10H,4H2,1-2H3;/q-1;/t9-,10+;/m0./s1. The summed E-state index contributed by atoms with van der Waals surface area (Å²) in [4.78, 5) is 11.3. The average Bonchev–Trinajstić information content (AvgIpc) is 2.48. The fraction of sp³-hybridized carbons (Fsp3) is 0.455. The van der Waals surface area contributed by atoms with E-state index in [-0.39, 0.29) is 38.5 Å². The largest absolute Gasteiger partial charge is 0.667 e. The predicted octanol–water partition coefficient (Wildman–Crippen LogP) is 2.23. The van der Waals surface area contributed by atoms with Gasteiger partial charge in [0.05, 0.1) is 6.26 Å². The van der Waals surface area contributed by atoms with E-state index in [1.165, 1.54) is 5.57 Å². The molecule has 0 amide bonds. The summed E-state index contributed by atoms with van der Waals surface area (Å²) < 4.78 is 5.18. The predicted molar refractivity (Wildman–Crippen MR) is 49.5 cm³/mol. The number of ketones is 1. The molecule has 0 aromatic rings. The van der Waals surface area contributed by atoms with Crippen LogP contribution in [0.5, 0.6) is 0 Å². The quantitative estimate of drug-likeness (QED) is 0.537. The smallest absolute Gasteiger partial charge is 0.158 e. The van der Waals surface area contributed by atoms with Crippen molar-refractivity contribution in [2.75, 3.05) is 0 Å². The van der Waals surface area contributed by atoms with Crippen molar-refractivity contribution in [2.45, 2.75) is 20.3 Å². The van der Waals surface area contributed by atoms with Gasteiger partial charge in [0, 0.05) is 38.3 Å². The number of hydrogen-bond acceptors (Lipinski definition) is 2. The van der Waals surface area contributed by atoms with Crippen LogP contribution in [0.2, 0.25) is 0 Å². The van der Waals surface area contributed by atoms with E-state index in [1.54, 1.807) is 13.2 Å². The molecule has 0 fully saturated rings. The van der Waals surface area contributed by atoms with Gasteiger partial charge < -0.3 is 4.74 Å². The summed E-state index contributed by atoms with van der Waals surface area (Å²) >= 11 is 0. The van der Waals surface area contributed by atoms with Crippen LogP contribution in [0.25, 0.3) is 0 Å². The van der Waals surface area contributed by atoms with Crippen LogP contribution in [0.4, 0.5) is 0 Å².